The number of rotatable bonds is 3. The summed E-state index contributed by atoms with van der Waals surface area (Å²) in [7, 11) is 0. The van der Waals surface area contributed by atoms with Gasteiger partial charge in [-0.2, -0.15) is 0 Å². The highest BCUT2D eigenvalue weighted by Gasteiger charge is 2.23. The Morgan fingerprint density at radius 1 is 0.793 bits per heavy atom. The van der Waals surface area contributed by atoms with Crippen LogP contribution in [0.4, 0.5) is 15.8 Å². The summed E-state index contributed by atoms with van der Waals surface area (Å²) >= 11 is 2.19. The van der Waals surface area contributed by atoms with Gasteiger partial charge < -0.3 is 4.90 Å². The van der Waals surface area contributed by atoms with Gasteiger partial charge in [0.15, 0.2) is 0 Å². The fourth-order valence-electron chi connectivity index (χ4n) is 3.70. The zero-order valence-electron chi connectivity index (χ0n) is 18.3. The van der Waals surface area contributed by atoms with Crippen molar-refractivity contribution in [2.24, 2.45) is 5.41 Å². The lowest BCUT2D eigenvalue weighted by Gasteiger charge is -2.33. The minimum absolute atomic E-state index is 0.103. The van der Waals surface area contributed by atoms with Gasteiger partial charge in [-0.05, 0) is 88.2 Å². The Bertz CT molecular complexity index is 920. The second-order valence-corrected chi connectivity index (χ2v) is 11.1. The average Bonchev–Trinajstić information content (AvgIpc) is 2.60. The van der Waals surface area contributed by atoms with Gasteiger partial charge in [-0.15, -0.1) is 0 Å². The SMILES string of the molecule is CC(C)(C)C1=CC=C(N(c2ccc(C(C)(C)C)cc2)c2cc(F)cc(I)c2)CC1. The topological polar surface area (TPSA) is 3.24 Å². The number of hydrogen-bond acceptors (Lipinski definition) is 1. The molecule has 0 unspecified atom stereocenters. The van der Waals surface area contributed by atoms with E-state index in [0.717, 1.165) is 27.8 Å². The van der Waals surface area contributed by atoms with Gasteiger partial charge in [0.25, 0.3) is 0 Å². The Morgan fingerprint density at radius 2 is 1.45 bits per heavy atom. The molecule has 0 radical (unpaired) electrons. The second kappa shape index (κ2) is 8.25. The monoisotopic (exact) mass is 503 g/mol. The Balaban J connectivity index is 2.08. The van der Waals surface area contributed by atoms with E-state index in [4.69, 9.17) is 0 Å². The van der Waals surface area contributed by atoms with Crippen molar-refractivity contribution in [3.63, 3.8) is 0 Å². The summed E-state index contributed by atoms with van der Waals surface area (Å²) in [5.74, 6) is -0.203. The minimum Gasteiger partial charge on any atom is -0.314 e. The molecule has 0 N–H and O–H groups in total. The smallest absolute Gasteiger partial charge is 0.126 e. The number of anilines is 2. The summed E-state index contributed by atoms with van der Waals surface area (Å²) < 4.78 is 15.1. The van der Waals surface area contributed by atoms with Crippen molar-refractivity contribution in [1.29, 1.82) is 0 Å². The van der Waals surface area contributed by atoms with Crippen LogP contribution in [-0.4, -0.2) is 0 Å². The van der Waals surface area contributed by atoms with Gasteiger partial charge in [0, 0.05) is 20.6 Å². The van der Waals surface area contributed by atoms with Crippen LogP contribution in [0.15, 0.2) is 65.9 Å². The Labute approximate surface area is 188 Å². The number of allylic oxidation sites excluding steroid dienone is 4. The third-order valence-corrected chi connectivity index (χ3v) is 6.10. The fourth-order valence-corrected chi connectivity index (χ4v) is 4.31. The molecule has 2 aromatic rings. The van der Waals surface area contributed by atoms with Gasteiger partial charge in [-0.3, -0.25) is 0 Å². The van der Waals surface area contributed by atoms with Gasteiger partial charge in [0.05, 0.1) is 0 Å². The van der Waals surface area contributed by atoms with Crippen LogP contribution in [-0.2, 0) is 5.41 Å². The Hall–Kier alpha value is -1.62. The molecule has 0 bridgehead atoms. The second-order valence-electron chi connectivity index (χ2n) is 9.86. The maximum absolute atomic E-state index is 14.2. The highest BCUT2D eigenvalue weighted by molar-refractivity contribution is 14.1. The molecule has 2 aromatic carbocycles. The van der Waals surface area contributed by atoms with Crippen molar-refractivity contribution in [3.8, 4) is 0 Å². The maximum Gasteiger partial charge on any atom is 0.126 e. The van der Waals surface area contributed by atoms with Crippen LogP contribution < -0.4 is 4.90 Å². The van der Waals surface area contributed by atoms with Crippen molar-refractivity contribution >= 4 is 34.0 Å². The fraction of sp³-hybridized carbons (Fsp3) is 0.385. The van der Waals surface area contributed by atoms with E-state index in [1.54, 1.807) is 12.1 Å². The first kappa shape index (κ1) is 22.1. The molecule has 0 amide bonds. The van der Waals surface area contributed by atoms with Crippen LogP contribution in [0.5, 0.6) is 0 Å². The van der Waals surface area contributed by atoms with Gasteiger partial charge in [0.2, 0.25) is 0 Å². The molecule has 29 heavy (non-hydrogen) atoms. The first-order valence-electron chi connectivity index (χ1n) is 10.2. The van der Waals surface area contributed by atoms with Crippen LogP contribution >= 0.6 is 22.6 Å². The first-order chi connectivity index (χ1) is 13.4. The summed E-state index contributed by atoms with van der Waals surface area (Å²) in [6, 6.07) is 13.9. The molecule has 0 atom stereocenters. The number of halogens is 2. The van der Waals surface area contributed by atoms with Crippen molar-refractivity contribution in [2.75, 3.05) is 4.90 Å². The van der Waals surface area contributed by atoms with Crippen LogP contribution in [0.25, 0.3) is 0 Å². The van der Waals surface area contributed by atoms with E-state index in [-0.39, 0.29) is 16.6 Å². The molecule has 1 nitrogen and oxygen atoms in total. The molecule has 0 saturated heterocycles. The van der Waals surface area contributed by atoms with E-state index in [2.05, 4.69) is 105 Å². The van der Waals surface area contributed by atoms with Crippen LogP contribution in [0, 0.1) is 14.8 Å². The lowest BCUT2D eigenvalue weighted by Crippen LogP contribution is -2.21. The molecule has 3 heteroatoms. The van der Waals surface area contributed by atoms with E-state index in [1.807, 2.05) is 6.07 Å². The molecule has 0 fully saturated rings. The van der Waals surface area contributed by atoms with Gasteiger partial charge in [-0.25, -0.2) is 4.39 Å². The molecule has 1 aliphatic rings. The summed E-state index contributed by atoms with van der Waals surface area (Å²) in [5.41, 5.74) is 6.17. The molecule has 154 valence electrons. The van der Waals surface area contributed by atoms with E-state index < -0.39 is 0 Å². The molecular weight excluding hydrogens is 472 g/mol. The van der Waals surface area contributed by atoms with Gasteiger partial charge >= 0.3 is 0 Å². The maximum atomic E-state index is 14.2. The van der Waals surface area contributed by atoms with E-state index in [0.29, 0.717) is 0 Å². The zero-order chi connectivity index (χ0) is 21.4. The normalized spacial score (nSPS) is 15.0. The Morgan fingerprint density at radius 3 is 1.93 bits per heavy atom. The van der Waals surface area contributed by atoms with Crippen LogP contribution in [0.2, 0.25) is 0 Å². The standard InChI is InChI=1S/C26H31FIN/c1-25(2,3)18-7-11-22(12-8-18)29(24-16-20(27)15-21(28)17-24)23-13-9-19(10-14-23)26(4,5)6/h7-9,11-13,15-17H,10,14H2,1-6H3. The van der Waals surface area contributed by atoms with Crippen molar-refractivity contribution in [2.45, 2.75) is 59.8 Å². The Kier molecular flexibility index (Phi) is 6.28. The number of hydrogen-bond donors (Lipinski definition) is 0. The quantitative estimate of drug-likeness (QED) is 0.380. The highest BCUT2D eigenvalue weighted by Crippen LogP contribution is 2.39. The van der Waals surface area contributed by atoms with Gasteiger partial charge in [0.1, 0.15) is 5.82 Å². The summed E-state index contributed by atoms with van der Waals surface area (Å²) in [4.78, 5) is 2.20. The summed E-state index contributed by atoms with van der Waals surface area (Å²) in [6.07, 6.45) is 6.43. The molecule has 1 aliphatic carbocycles. The number of benzene rings is 2. The highest BCUT2D eigenvalue weighted by atomic mass is 127. The lowest BCUT2D eigenvalue weighted by atomic mass is 9.81. The average molecular weight is 503 g/mol. The molecule has 0 saturated carbocycles. The lowest BCUT2D eigenvalue weighted by molar-refractivity contribution is 0.479. The molecule has 0 aromatic heterocycles. The first-order valence-corrected chi connectivity index (χ1v) is 11.3. The molecule has 0 aliphatic heterocycles. The van der Waals surface area contributed by atoms with E-state index in [9.17, 15) is 4.39 Å². The van der Waals surface area contributed by atoms with Gasteiger partial charge in [-0.1, -0.05) is 65.3 Å². The summed E-state index contributed by atoms with van der Waals surface area (Å²) in [5, 5.41) is 0. The third kappa shape index (κ3) is 5.30. The molecule has 0 spiro atoms. The van der Waals surface area contributed by atoms with E-state index >= 15 is 0 Å². The van der Waals surface area contributed by atoms with E-state index in [1.165, 1.54) is 16.8 Å². The predicted octanol–water partition coefficient (Wildman–Crippen LogP) is 8.52. The third-order valence-electron chi connectivity index (χ3n) is 5.47. The minimum atomic E-state index is -0.203. The van der Waals surface area contributed by atoms with Crippen LogP contribution in [0.3, 0.4) is 0 Å². The van der Waals surface area contributed by atoms with Crippen LogP contribution in [0.1, 0.15) is 59.9 Å². The largest absolute Gasteiger partial charge is 0.314 e. The summed E-state index contributed by atoms with van der Waals surface area (Å²) in [6.45, 7) is 13.4. The molecular formula is C26H31FIN. The molecule has 3 rings (SSSR count). The van der Waals surface area contributed by atoms with Crippen molar-refractivity contribution < 1.29 is 4.39 Å². The molecule has 0 heterocycles. The number of nitrogens with zero attached hydrogens (tertiary/aromatic N) is 1. The van der Waals surface area contributed by atoms with Crippen molar-refractivity contribution in [1.82, 2.24) is 0 Å². The predicted molar refractivity (Wildman–Crippen MR) is 131 cm³/mol. The zero-order valence-corrected chi connectivity index (χ0v) is 20.5. The van der Waals surface area contributed by atoms with Crippen molar-refractivity contribution in [3.05, 3.63) is 80.8 Å².